The van der Waals surface area contributed by atoms with Crippen LogP contribution in [0.4, 0.5) is 5.69 Å². The molecule has 0 aliphatic rings. The number of hydrogen-bond acceptors (Lipinski definition) is 3. The Morgan fingerprint density at radius 3 is 2.61 bits per heavy atom. The summed E-state index contributed by atoms with van der Waals surface area (Å²) in [5, 5.41) is 4.16. The van der Waals surface area contributed by atoms with Crippen LogP contribution in [-0.2, 0) is 17.8 Å². The second kappa shape index (κ2) is 9.42. The Kier molecular flexibility index (Phi) is 6.71. The molecule has 5 nitrogen and oxygen atoms in total. The molecule has 0 radical (unpaired) electrons. The molecule has 0 atom stereocenters. The van der Waals surface area contributed by atoms with Gasteiger partial charge in [0.25, 0.3) is 0 Å². The predicted molar refractivity (Wildman–Crippen MR) is 115 cm³/mol. The molecule has 28 heavy (non-hydrogen) atoms. The molecule has 1 aromatic heterocycles. The van der Waals surface area contributed by atoms with Gasteiger partial charge in [0.1, 0.15) is 5.75 Å². The van der Waals surface area contributed by atoms with Crippen LogP contribution in [0, 0.1) is 0 Å². The van der Waals surface area contributed by atoms with Crippen molar-refractivity contribution in [1.29, 1.82) is 0 Å². The highest BCUT2D eigenvalue weighted by molar-refractivity contribution is 5.94. The number of nitrogens with zero attached hydrogens (tertiary/aromatic N) is 2. The van der Waals surface area contributed by atoms with E-state index in [4.69, 9.17) is 4.74 Å². The molecular weight excluding hydrogens is 350 g/mol. The van der Waals surface area contributed by atoms with Crippen molar-refractivity contribution >= 4 is 22.5 Å². The summed E-state index contributed by atoms with van der Waals surface area (Å²) in [7, 11) is 4.15. The Balaban J connectivity index is 1.55. The first-order chi connectivity index (χ1) is 13.5. The number of rotatable bonds is 9. The van der Waals surface area contributed by atoms with E-state index in [1.807, 2.05) is 43.3 Å². The summed E-state index contributed by atoms with van der Waals surface area (Å²) in [6.07, 6.45) is 3.27. The van der Waals surface area contributed by atoms with Gasteiger partial charge in [-0.25, -0.2) is 0 Å². The van der Waals surface area contributed by atoms with Gasteiger partial charge in [0, 0.05) is 42.3 Å². The molecule has 0 saturated heterocycles. The molecule has 5 heteroatoms. The zero-order chi connectivity index (χ0) is 19.9. The lowest BCUT2D eigenvalue weighted by Crippen LogP contribution is -2.17. The molecule has 0 unspecified atom stereocenters. The number of hydrogen-bond donors (Lipinski definition) is 1. The van der Waals surface area contributed by atoms with Crippen LogP contribution in [0.5, 0.6) is 5.75 Å². The average Bonchev–Trinajstić information content (AvgIpc) is 3.08. The van der Waals surface area contributed by atoms with E-state index in [0.29, 0.717) is 19.4 Å². The molecular formula is C23H29N3O2. The van der Waals surface area contributed by atoms with Crippen LogP contribution in [0.25, 0.3) is 10.9 Å². The highest BCUT2D eigenvalue weighted by Gasteiger charge is 2.07. The number of fused-ring (bicyclic) bond motifs is 1. The quantitative estimate of drug-likeness (QED) is 0.607. The number of aromatic nitrogens is 1. The molecule has 0 saturated carbocycles. The summed E-state index contributed by atoms with van der Waals surface area (Å²) in [4.78, 5) is 14.5. The van der Waals surface area contributed by atoms with E-state index >= 15 is 0 Å². The number of likely N-dealkylation sites (N-methyl/N-ethyl adjacent to an activating group) is 1. The van der Waals surface area contributed by atoms with Gasteiger partial charge in [0.15, 0.2) is 0 Å². The van der Waals surface area contributed by atoms with E-state index < -0.39 is 0 Å². The molecule has 0 spiro atoms. The summed E-state index contributed by atoms with van der Waals surface area (Å²) < 4.78 is 7.69. The van der Waals surface area contributed by atoms with Crippen LogP contribution in [0.15, 0.2) is 54.7 Å². The van der Waals surface area contributed by atoms with Crippen molar-refractivity contribution in [3.8, 4) is 5.75 Å². The van der Waals surface area contributed by atoms with Crippen molar-refractivity contribution in [2.75, 3.05) is 32.6 Å². The SMILES string of the molecule is CCOc1ccc(CCC(=O)Nc2ccc3c(ccn3CCN(C)C)c2)cc1. The Morgan fingerprint density at radius 1 is 1.11 bits per heavy atom. The summed E-state index contributed by atoms with van der Waals surface area (Å²) in [5.41, 5.74) is 3.16. The highest BCUT2D eigenvalue weighted by atomic mass is 16.5. The molecule has 3 aromatic rings. The lowest BCUT2D eigenvalue weighted by molar-refractivity contribution is -0.116. The van der Waals surface area contributed by atoms with Gasteiger partial charge in [-0.05, 0) is 69.4 Å². The largest absolute Gasteiger partial charge is 0.494 e. The van der Waals surface area contributed by atoms with Crippen molar-refractivity contribution < 1.29 is 9.53 Å². The summed E-state index contributed by atoms with van der Waals surface area (Å²) >= 11 is 0. The van der Waals surface area contributed by atoms with E-state index in [1.54, 1.807) is 0 Å². The first kappa shape index (κ1) is 20.0. The molecule has 1 amide bonds. The maximum Gasteiger partial charge on any atom is 0.224 e. The van der Waals surface area contributed by atoms with Crippen LogP contribution in [-0.4, -0.2) is 42.6 Å². The fourth-order valence-electron chi connectivity index (χ4n) is 3.18. The van der Waals surface area contributed by atoms with E-state index in [9.17, 15) is 4.79 Å². The van der Waals surface area contributed by atoms with Gasteiger partial charge in [-0.2, -0.15) is 0 Å². The number of carbonyl (C=O) groups excluding carboxylic acids is 1. The number of benzene rings is 2. The Hall–Kier alpha value is -2.79. The van der Waals surface area contributed by atoms with E-state index in [-0.39, 0.29) is 5.91 Å². The molecule has 2 aromatic carbocycles. The van der Waals surface area contributed by atoms with Gasteiger partial charge in [0.2, 0.25) is 5.91 Å². The van der Waals surface area contributed by atoms with Crippen molar-refractivity contribution in [3.05, 3.63) is 60.3 Å². The summed E-state index contributed by atoms with van der Waals surface area (Å²) in [6, 6.07) is 16.1. The van der Waals surface area contributed by atoms with Crippen LogP contribution in [0.1, 0.15) is 18.9 Å². The summed E-state index contributed by atoms with van der Waals surface area (Å²) in [5.74, 6) is 0.891. The number of ether oxygens (including phenoxy) is 1. The Bertz CT molecular complexity index is 913. The first-order valence-electron chi connectivity index (χ1n) is 9.80. The maximum atomic E-state index is 12.3. The van der Waals surface area contributed by atoms with Gasteiger partial charge in [0.05, 0.1) is 6.61 Å². The van der Waals surface area contributed by atoms with Gasteiger partial charge < -0.3 is 19.5 Å². The fourth-order valence-corrected chi connectivity index (χ4v) is 3.18. The molecule has 0 aliphatic carbocycles. The van der Waals surface area contributed by atoms with Gasteiger partial charge in [-0.1, -0.05) is 12.1 Å². The summed E-state index contributed by atoms with van der Waals surface area (Å²) in [6.45, 7) is 4.57. The Labute approximate surface area is 166 Å². The number of amides is 1. The number of anilines is 1. The van der Waals surface area contributed by atoms with Crippen LogP contribution >= 0.6 is 0 Å². The van der Waals surface area contributed by atoms with Gasteiger partial charge in [-0.3, -0.25) is 4.79 Å². The molecule has 1 heterocycles. The molecule has 0 fully saturated rings. The number of nitrogens with one attached hydrogen (secondary N) is 1. The van der Waals surface area contributed by atoms with Crippen molar-refractivity contribution in [2.45, 2.75) is 26.3 Å². The molecule has 1 N–H and O–H groups in total. The first-order valence-corrected chi connectivity index (χ1v) is 9.80. The minimum absolute atomic E-state index is 0.0280. The topological polar surface area (TPSA) is 46.5 Å². The van der Waals surface area contributed by atoms with E-state index in [2.05, 4.69) is 47.2 Å². The molecule has 148 valence electrons. The lowest BCUT2D eigenvalue weighted by atomic mass is 10.1. The molecule has 0 aliphatic heterocycles. The second-order valence-corrected chi connectivity index (χ2v) is 7.21. The Morgan fingerprint density at radius 2 is 1.89 bits per heavy atom. The van der Waals surface area contributed by atoms with Crippen LogP contribution in [0.2, 0.25) is 0 Å². The average molecular weight is 380 g/mol. The van der Waals surface area contributed by atoms with Crippen LogP contribution in [0.3, 0.4) is 0 Å². The lowest BCUT2D eigenvalue weighted by Gasteiger charge is -2.11. The van der Waals surface area contributed by atoms with E-state index in [1.165, 1.54) is 5.52 Å². The minimum atomic E-state index is 0.0280. The maximum absolute atomic E-state index is 12.3. The van der Waals surface area contributed by atoms with E-state index in [0.717, 1.165) is 35.5 Å². The third kappa shape index (κ3) is 5.36. The molecule has 3 rings (SSSR count). The minimum Gasteiger partial charge on any atom is -0.494 e. The monoisotopic (exact) mass is 379 g/mol. The van der Waals surface area contributed by atoms with Crippen molar-refractivity contribution in [1.82, 2.24) is 9.47 Å². The van der Waals surface area contributed by atoms with Crippen molar-refractivity contribution in [2.24, 2.45) is 0 Å². The normalized spacial score (nSPS) is 11.1. The zero-order valence-corrected chi connectivity index (χ0v) is 16.9. The standard InChI is InChI=1S/C23H29N3O2/c1-4-28-21-9-5-18(6-10-21)7-12-23(27)24-20-8-11-22-19(17-20)13-14-26(22)16-15-25(2)3/h5-6,8-11,13-14,17H,4,7,12,15-16H2,1-3H3,(H,24,27). The van der Waals surface area contributed by atoms with Gasteiger partial charge >= 0.3 is 0 Å². The second-order valence-electron chi connectivity index (χ2n) is 7.21. The molecule has 0 bridgehead atoms. The zero-order valence-electron chi connectivity index (χ0n) is 16.9. The predicted octanol–water partition coefficient (Wildman–Crippen LogP) is 4.17. The van der Waals surface area contributed by atoms with Crippen molar-refractivity contribution in [3.63, 3.8) is 0 Å². The van der Waals surface area contributed by atoms with Crippen LogP contribution < -0.4 is 10.1 Å². The fraction of sp³-hybridized carbons (Fsp3) is 0.348. The number of carbonyl (C=O) groups is 1. The smallest absolute Gasteiger partial charge is 0.224 e. The number of aryl methyl sites for hydroxylation is 1. The third-order valence-electron chi connectivity index (χ3n) is 4.72. The third-order valence-corrected chi connectivity index (χ3v) is 4.72. The highest BCUT2D eigenvalue weighted by Crippen LogP contribution is 2.21. The van der Waals surface area contributed by atoms with Gasteiger partial charge in [-0.15, -0.1) is 0 Å².